The molecule has 0 bridgehead atoms. The summed E-state index contributed by atoms with van der Waals surface area (Å²) in [5.74, 6) is -0.731. The summed E-state index contributed by atoms with van der Waals surface area (Å²) in [4.78, 5) is 13.7. The van der Waals surface area contributed by atoms with E-state index in [-0.39, 0.29) is 0 Å². The summed E-state index contributed by atoms with van der Waals surface area (Å²) in [5, 5.41) is 12.7. The Labute approximate surface area is 123 Å². The lowest BCUT2D eigenvalue weighted by Gasteiger charge is -2.30. The molecule has 120 valence electrons. The van der Waals surface area contributed by atoms with Crippen molar-refractivity contribution in [1.82, 2.24) is 10.2 Å². The molecule has 1 atom stereocenters. The van der Waals surface area contributed by atoms with Crippen LogP contribution in [0.5, 0.6) is 0 Å². The summed E-state index contributed by atoms with van der Waals surface area (Å²) in [6.07, 6.45) is 3.10. The summed E-state index contributed by atoms with van der Waals surface area (Å²) in [5.41, 5.74) is -0.767. The number of nitrogens with one attached hydrogen (secondary N) is 1. The van der Waals surface area contributed by atoms with Crippen LogP contribution in [0.2, 0.25) is 0 Å². The molecule has 0 rings (SSSR count). The molecule has 2 N–H and O–H groups in total. The van der Waals surface area contributed by atoms with Gasteiger partial charge in [0.15, 0.2) is 0 Å². The second-order valence-corrected chi connectivity index (χ2v) is 5.27. The van der Waals surface area contributed by atoms with Gasteiger partial charge in [-0.1, -0.05) is 13.8 Å². The second kappa shape index (κ2) is 11.1. The minimum absolute atomic E-state index is 0.616. The van der Waals surface area contributed by atoms with Crippen LogP contribution >= 0.6 is 0 Å². The van der Waals surface area contributed by atoms with E-state index in [0.717, 1.165) is 45.7 Å². The lowest BCUT2D eigenvalue weighted by molar-refractivity contribution is -0.145. The van der Waals surface area contributed by atoms with Crippen LogP contribution < -0.4 is 5.32 Å². The largest absolute Gasteiger partial charge is 0.480 e. The molecule has 0 spiro atoms. The van der Waals surface area contributed by atoms with Crippen molar-refractivity contribution in [3.63, 3.8) is 0 Å². The number of ether oxygens (including phenoxy) is 1. The zero-order valence-corrected chi connectivity index (χ0v) is 13.6. The molecule has 0 aliphatic heterocycles. The molecule has 0 aromatic carbocycles. The molecule has 0 saturated heterocycles. The van der Waals surface area contributed by atoms with Gasteiger partial charge in [-0.25, -0.2) is 0 Å². The van der Waals surface area contributed by atoms with Gasteiger partial charge >= 0.3 is 5.97 Å². The predicted molar refractivity (Wildman–Crippen MR) is 82.2 cm³/mol. The lowest BCUT2D eigenvalue weighted by Crippen LogP contribution is -2.52. The molecule has 0 aromatic rings. The Hall–Kier alpha value is -0.650. The molecule has 0 aromatic heterocycles. The van der Waals surface area contributed by atoms with Gasteiger partial charge in [-0.2, -0.15) is 0 Å². The number of rotatable bonds is 13. The van der Waals surface area contributed by atoms with Gasteiger partial charge in [-0.15, -0.1) is 0 Å². The third-order valence-corrected chi connectivity index (χ3v) is 3.69. The van der Waals surface area contributed by atoms with Crippen LogP contribution in [0.15, 0.2) is 0 Å². The van der Waals surface area contributed by atoms with Crippen molar-refractivity contribution < 1.29 is 14.6 Å². The quantitative estimate of drug-likeness (QED) is 0.507. The minimum atomic E-state index is -0.767. The number of carbonyl (C=O) groups is 1. The van der Waals surface area contributed by atoms with Crippen LogP contribution in [0, 0.1) is 0 Å². The van der Waals surface area contributed by atoms with Gasteiger partial charge in [-0.3, -0.25) is 4.79 Å². The van der Waals surface area contributed by atoms with Gasteiger partial charge in [0.05, 0.1) is 6.61 Å². The molecule has 0 saturated carbocycles. The number of hydrogen-bond donors (Lipinski definition) is 2. The Kier molecular flexibility index (Phi) is 10.7. The zero-order valence-electron chi connectivity index (χ0n) is 13.6. The van der Waals surface area contributed by atoms with Crippen molar-refractivity contribution in [2.45, 2.75) is 52.0 Å². The van der Waals surface area contributed by atoms with E-state index >= 15 is 0 Å². The van der Waals surface area contributed by atoms with Gasteiger partial charge < -0.3 is 20.1 Å². The van der Waals surface area contributed by atoms with Crippen LogP contribution in [0.4, 0.5) is 0 Å². The molecule has 0 amide bonds. The van der Waals surface area contributed by atoms with E-state index in [1.165, 1.54) is 0 Å². The fraction of sp³-hybridized carbons (Fsp3) is 0.933. The van der Waals surface area contributed by atoms with E-state index in [9.17, 15) is 9.90 Å². The van der Waals surface area contributed by atoms with Gasteiger partial charge in [0.2, 0.25) is 0 Å². The Bertz CT molecular complexity index is 262. The SMILES string of the molecule is CCCNC(CC)(CCCN(C)CCOCC)C(=O)O. The molecular weight excluding hydrogens is 256 g/mol. The van der Waals surface area contributed by atoms with Crippen molar-refractivity contribution in [3.05, 3.63) is 0 Å². The lowest BCUT2D eigenvalue weighted by atomic mass is 9.90. The van der Waals surface area contributed by atoms with E-state index in [0.29, 0.717) is 12.8 Å². The first-order chi connectivity index (χ1) is 9.52. The predicted octanol–water partition coefficient (Wildman–Crippen LogP) is 1.97. The highest BCUT2D eigenvalue weighted by atomic mass is 16.5. The number of likely N-dealkylation sites (N-methyl/N-ethyl adjacent to an activating group) is 1. The topological polar surface area (TPSA) is 61.8 Å². The maximum atomic E-state index is 11.5. The van der Waals surface area contributed by atoms with Crippen LogP contribution in [-0.2, 0) is 9.53 Å². The molecule has 0 aliphatic rings. The van der Waals surface area contributed by atoms with E-state index in [2.05, 4.69) is 17.1 Å². The monoisotopic (exact) mass is 288 g/mol. The average molecular weight is 288 g/mol. The van der Waals surface area contributed by atoms with Crippen molar-refractivity contribution in [2.75, 3.05) is 39.9 Å². The van der Waals surface area contributed by atoms with Gasteiger partial charge in [0.25, 0.3) is 0 Å². The fourth-order valence-electron chi connectivity index (χ4n) is 2.22. The summed E-state index contributed by atoms with van der Waals surface area (Å²) in [6, 6.07) is 0. The third kappa shape index (κ3) is 7.22. The normalized spacial score (nSPS) is 14.4. The van der Waals surface area contributed by atoms with Crippen molar-refractivity contribution in [1.29, 1.82) is 0 Å². The highest BCUT2D eigenvalue weighted by Gasteiger charge is 2.35. The molecule has 0 fully saturated rings. The Balaban J connectivity index is 4.16. The van der Waals surface area contributed by atoms with E-state index in [1.54, 1.807) is 0 Å². The van der Waals surface area contributed by atoms with Gasteiger partial charge in [-0.05, 0) is 52.7 Å². The number of nitrogens with zero attached hydrogens (tertiary/aromatic N) is 1. The first-order valence-corrected chi connectivity index (χ1v) is 7.77. The zero-order chi connectivity index (χ0) is 15.4. The molecular formula is C15H32N2O3. The Morgan fingerprint density at radius 3 is 2.50 bits per heavy atom. The van der Waals surface area contributed by atoms with Crippen LogP contribution in [-0.4, -0.2) is 61.4 Å². The number of carboxylic acids is 1. The van der Waals surface area contributed by atoms with E-state index in [1.807, 2.05) is 20.9 Å². The average Bonchev–Trinajstić information content (AvgIpc) is 2.42. The summed E-state index contributed by atoms with van der Waals surface area (Å²) in [6.45, 7) is 10.00. The first kappa shape index (κ1) is 19.4. The second-order valence-electron chi connectivity index (χ2n) is 5.27. The fourth-order valence-corrected chi connectivity index (χ4v) is 2.22. The molecule has 20 heavy (non-hydrogen) atoms. The molecule has 0 radical (unpaired) electrons. The number of aliphatic carboxylic acids is 1. The van der Waals surface area contributed by atoms with Crippen molar-refractivity contribution in [3.8, 4) is 0 Å². The molecule has 5 nitrogen and oxygen atoms in total. The van der Waals surface area contributed by atoms with Crippen LogP contribution in [0.1, 0.15) is 46.5 Å². The molecule has 0 heterocycles. The number of hydrogen-bond acceptors (Lipinski definition) is 4. The summed E-state index contributed by atoms with van der Waals surface area (Å²) < 4.78 is 5.32. The number of carboxylic acid groups (broad SMARTS) is 1. The maximum Gasteiger partial charge on any atom is 0.323 e. The molecule has 1 unspecified atom stereocenters. The molecule has 5 heteroatoms. The van der Waals surface area contributed by atoms with E-state index in [4.69, 9.17) is 4.74 Å². The first-order valence-electron chi connectivity index (χ1n) is 7.77. The smallest absolute Gasteiger partial charge is 0.323 e. The summed E-state index contributed by atoms with van der Waals surface area (Å²) >= 11 is 0. The van der Waals surface area contributed by atoms with E-state index < -0.39 is 11.5 Å². The van der Waals surface area contributed by atoms with Gasteiger partial charge in [0, 0.05) is 13.2 Å². The standard InChI is InChI=1S/C15H32N2O3/c1-5-10-16-15(6-2,14(18)19)9-8-11-17(4)12-13-20-7-3/h16H,5-13H2,1-4H3,(H,18,19). The van der Waals surface area contributed by atoms with Crippen molar-refractivity contribution >= 4 is 5.97 Å². The minimum Gasteiger partial charge on any atom is -0.480 e. The third-order valence-electron chi connectivity index (χ3n) is 3.69. The molecule has 0 aliphatic carbocycles. The Morgan fingerprint density at radius 2 is 2.00 bits per heavy atom. The Morgan fingerprint density at radius 1 is 1.30 bits per heavy atom. The maximum absolute atomic E-state index is 11.5. The highest BCUT2D eigenvalue weighted by molar-refractivity contribution is 5.78. The highest BCUT2D eigenvalue weighted by Crippen LogP contribution is 2.18. The summed E-state index contributed by atoms with van der Waals surface area (Å²) in [7, 11) is 2.05. The van der Waals surface area contributed by atoms with Gasteiger partial charge in [0.1, 0.15) is 5.54 Å². The van der Waals surface area contributed by atoms with Crippen LogP contribution in [0.3, 0.4) is 0 Å². The van der Waals surface area contributed by atoms with Crippen LogP contribution in [0.25, 0.3) is 0 Å². The van der Waals surface area contributed by atoms with Crippen molar-refractivity contribution in [2.24, 2.45) is 0 Å².